The molecule has 2 rings (SSSR count). The number of rotatable bonds is 3. The Morgan fingerprint density at radius 3 is 2.40 bits per heavy atom. The van der Waals surface area contributed by atoms with E-state index >= 15 is 0 Å². The molecule has 0 radical (unpaired) electrons. The largest absolute Gasteiger partial charge is 0.494 e. The third kappa shape index (κ3) is 3.21. The van der Waals surface area contributed by atoms with Crippen LogP contribution in [0, 0.1) is 6.92 Å². The number of carbonyl (C=O) groups is 1. The summed E-state index contributed by atoms with van der Waals surface area (Å²) in [5.41, 5.74) is 1.35. The van der Waals surface area contributed by atoms with Gasteiger partial charge in [-0.15, -0.1) is 0 Å². The van der Waals surface area contributed by atoms with Gasteiger partial charge < -0.3 is 10.1 Å². The Balaban J connectivity index is 2.23. The fraction of sp³-hybridized carbons (Fsp3) is 0.143. The molecule has 1 heterocycles. The van der Waals surface area contributed by atoms with Crippen LogP contribution in [0.15, 0.2) is 30.5 Å². The molecule has 20 heavy (non-hydrogen) atoms. The number of aromatic nitrogens is 1. The van der Waals surface area contributed by atoms with Gasteiger partial charge >= 0.3 is 0 Å². The Morgan fingerprint density at radius 1 is 1.25 bits per heavy atom. The van der Waals surface area contributed by atoms with Gasteiger partial charge in [0, 0.05) is 11.8 Å². The fourth-order valence-electron chi connectivity index (χ4n) is 1.62. The van der Waals surface area contributed by atoms with Crippen LogP contribution < -0.4 is 10.1 Å². The van der Waals surface area contributed by atoms with Crippen LogP contribution in [0.5, 0.6) is 5.75 Å². The molecule has 0 unspecified atom stereocenters. The minimum absolute atomic E-state index is 0.280. The lowest BCUT2D eigenvalue weighted by molar-refractivity contribution is 0.102. The molecule has 0 aliphatic carbocycles. The van der Waals surface area contributed by atoms with E-state index in [4.69, 9.17) is 27.9 Å². The number of hydrogen-bond donors (Lipinski definition) is 1. The van der Waals surface area contributed by atoms with Crippen molar-refractivity contribution in [3.8, 4) is 5.75 Å². The highest BCUT2D eigenvalue weighted by atomic mass is 35.5. The van der Waals surface area contributed by atoms with Crippen molar-refractivity contribution in [2.24, 2.45) is 0 Å². The number of anilines is 1. The number of carbonyl (C=O) groups excluding carboxylic acids is 1. The highest BCUT2D eigenvalue weighted by molar-refractivity contribution is 6.37. The van der Waals surface area contributed by atoms with Gasteiger partial charge in [0.25, 0.3) is 5.91 Å². The van der Waals surface area contributed by atoms with Crippen molar-refractivity contribution in [2.45, 2.75) is 6.92 Å². The molecule has 6 heteroatoms. The molecular formula is C14H12Cl2N2O2. The lowest BCUT2D eigenvalue weighted by Gasteiger charge is -2.09. The molecule has 0 aliphatic heterocycles. The Hall–Kier alpha value is -1.78. The fourth-order valence-corrected chi connectivity index (χ4v) is 2.26. The van der Waals surface area contributed by atoms with Crippen molar-refractivity contribution in [3.63, 3.8) is 0 Å². The second-order valence-electron chi connectivity index (χ2n) is 4.15. The van der Waals surface area contributed by atoms with Crippen molar-refractivity contribution in [3.05, 3.63) is 51.6 Å². The van der Waals surface area contributed by atoms with Crippen LogP contribution >= 0.6 is 23.2 Å². The molecule has 0 atom stereocenters. The molecule has 4 nitrogen and oxygen atoms in total. The summed E-state index contributed by atoms with van der Waals surface area (Å²) in [5, 5.41) is 3.23. The molecule has 0 saturated heterocycles. The maximum atomic E-state index is 12.1. The van der Waals surface area contributed by atoms with Crippen LogP contribution in [-0.2, 0) is 0 Å². The van der Waals surface area contributed by atoms with Gasteiger partial charge in [0.15, 0.2) is 5.75 Å². The Labute approximate surface area is 126 Å². The molecule has 0 spiro atoms. The number of ether oxygens (including phenoxy) is 1. The highest BCUT2D eigenvalue weighted by Crippen LogP contribution is 2.33. The summed E-state index contributed by atoms with van der Waals surface area (Å²) in [4.78, 5) is 16.2. The van der Waals surface area contributed by atoms with E-state index in [1.54, 1.807) is 12.3 Å². The number of halogens is 2. The lowest BCUT2D eigenvalue weighted by Crippen LogP contribution is -2.13. The molecule has 0 saturated carbocycles. The first-order valence-electron chi connectivity index (χ1n) is 5.78. The second-order valence-corrected chi connectivity index (χ2v) is 4.96. The number of nitrogens with zero attached hydrogens (tertiary/aromatic N) is 1. The monoisotopic (exact) mass is 310 g/mol. The summed E-state index contributed by atoms with van der Waals surface area (Å²) in [6.07, 6.45) is 1.67. The molecular weight excluding hydrogens is 299 g/mol. The van der Waals surface area contributed by atoms with E-state index in [0.29, 0.717) is 17.1 Å². The lowest BCUT2D eigenvalue weighted by atomic mass is 10.2. The number of hydrogen-bond acceptors (Lipinski definition) is 3. The summed E-state index contributed by atoms with van der Waals surface area (Å²) in [7, 11) is 1.46. The van der Waals surface area contributed by atoms with Crippen molar-refractivity contribution >= 4 is 34.9 Å². The highest BCUT2D eigenvalue weighted by Gasteiger charge is 2.13. The average molecular weight is 311 g/mol. The quantitative estimate of drug-likeness (QED) is 0.933. The van der Waals surface area contributed by atoms with Gasteiger partial charge in [0.05, 0.1) is 17.2 Å². The number of amides is 1. The standard InChI is InChI=1S/C14H12Cl2N2O2/c1-8-3-4-12(17-7-8)18-14(19)9-5-10(15)13(20-2)11(16)6-9/h3-7H,1-2H3,(H,17,18,19). The topological polar surface area (TPSA) is 51.2 Å². The van der Waals surface area contributed by atoms with Crippen molar-refractivity contribution < 1.29 is 9.53 Å². The van der Waals surface area contributed by atoms with E-state index in [-0.39, 0.29) is 16.0 Å². The zero-order chi connectivity index (χ0) is 14.7. The first-order chi connectivity index (χ1) is 9.51. The number of nitrogens with one attached hydrogen (secondary N) is 1. The molecule has 0 bridgehead atoms. The third-order valence-electron chi connectivity index (χ3n) is 2.62. The molecule has 1 N–H and O–H groups in total. The minimum atomic E-state index is -0.340. The van der Waals surface area contributed by atoms with Crippen LogP contribution in [0.2, 0.25) is 10.0 Å². The van der Waals surface area contributed by atoms with Crippen LogP contribution in [0.4, 0.5) is 5.82 Å². The maximum Gasteiger partial charge on any atom is 0.256 e. The molecule has 1 aromatic carbocycles. The van der Waals surface area contributed by atoms with Gasteiger partial charge in [-0.1, -0.05) is 29.3 Å². The molecule has 1 amide bonds. The Morgan fingerprint density at radius 2 is 1.90 bits per heavy atom. The summed E-state index contributed by atoms with van der Waals surface area (Å²) in [6.45, 7) is 1.92. The van der Waals surface area contributed by atoms with E-state index in [2.05, 4.69) is 10.3 Å². The van der Waals surface area contributed by atoms with E-state index in [9.17, 15) is 4.79 Å². The summed E-state index contributed by atoms with van der Waals surface area (Å²) in [5.74, 6) is 0.467. The minimum Gasteiger partial charge on any atom is -0.494 e. The second kappa shape index (κ2) is 6.11. The van der Waals surface area contributed by atoms with E-state index in [1.165, 1.54) is 19.2 Å². The molecule has 0 aliphatic rings. The predicted molar refractivity (Wildman–Crippen MR) is 79.9 cm³/mol. The Bertz CT molecular complexity index is 619. The smallest absolute Gasteiger partial charge is 0.256 e. The third-order valence-corrected chi connectivity index (χ3v) is 3.18. The Kier molecular flexibility index (Phi) is 4.47. The van der Waals surface area contributed by atoms with Gasteiger partial charge in [0.1, 0.15) is 5.82 Å². The first kappa shape index (κ1) is 14.6. The normalized spacial score (nSPS) is 10.2. The van der Waals surface area contributed by atoms with Crippen molar-refractivity contribution in [2.75, 3.05) is 12.4 Å². The average Bonchev–Trinajstić information content (AvgIpc) is 2.41. The summed E-state index contributed by atoms with van der Waals surface area (Å²) >= 11 is 12.0. The maximum absolute atomic E-state index is 12.1. The van der Waals surface area contributed by atoms with Gasteiger partial charge in [-0.05, 0) is 30.7 Å². The summed E-state index contributed by atoms with van der Waals surface area (Å²) < 4.78 is 5.03. The van der Waals surface area contributed by atoms with Crippen LogP contribution in [-0.4, -0.2) is 18.0 Å². The zero-order valence-corrected chi connectivity index (χ0v) is 12.4. The van der Waals surface area contributed by atoms with Crippen LogP contribution in [0.1, 0.15) is 15.9 Å². The van der Waals surface area contributed by atoms with Crippen LogP contribution in [0.25, 0.3) is 0 Å². The summed E-state index contributed by atoms with van der Waals surface area (Å²) in [6, 6.07) is 6.57. The van der Waals surface area contributed by atoms with E-state index < -0.39 is 0 Å². The first-order valence-corrected chi connectivity index (χ1v) is 6.54. The van der Waals surface area contributed by atoms with Crippen molar-refractivity contribution in [1.29, 1.82) is 0 Å². The molecule has 2 aromatic rings. The molecule has 1 aromatic heterocycles. The number of benzene rings is 1. The predicted octanol–water partition coefficient (Wildman–Crippen LogP) is 3.96. The van der Waals surface area contributed by atoms with Gasteiger partial charge in [-0.25, -0.2) is 4.98 Å². The van der Waals surface area contributed by atoms with Gasteiger partial charge in [-0.2, -0.15) is 0 Å². The van der Waals surface area contributed by atoms with Crippen LogP contribution in [0.3, 0.4) is 0 Å². The number of pyridine rings is 1. The van der Waals surface area contributed by atoms with Gasteiger partial charge in [-0.3, -0.25) is 4.79 Å². The van der Waals surface area contributed by atoms with Crippen molar-refractivity contribution in [1.82, 2.24) is 4.98 Å². The molecule has 104 valence electrons. The number of methoxy groups -OCH3 is 1. The van der Waals surface area contributed by atoms with E-state index in [0.717, 1.165) is 5.56 Å². The zero-order valence-electron chi connectivity index (χ0n) is 10.9. The molecule has 0 fully saturated rings. The SMILES string of the molecule is COc1c(Cl)cc(C(=O)Nc2ccc(C)cn2)cc1Cl. The number of aryl methyl sites for hydroxylation is 1. The van der Waals surface area contributed by atoms with E-state index in [1.807, 2.05) is 13.0 Å². The van der Waals surface area contributed by atoms with Gasteiger partial charge in [0.2, 0.25) is 0 Å².